The van der Waals surface area contributed by atoms with Gasteiger partial charge in [-0.05, 0) is 35.6 Å². The highest BCUT2D eigenvalue weighted by Crippen LogP contribution is 2.30. The first-order chi connectivity index (χ1) is 9.75. The Bertz CT molecular complexity index is 599. The molecule has 0 aliphatic carbocycles. The summed E-state index contributed by atoms with van der Waals surface area (Å²) in [5, 5.41) is 0.770. The van der Waals surface area contributed by atoms with Gasteiger partial charge in [0.1, 0.15) is 0 Å². The number of hydrogen-bond donors (Lipinski definition) is 1. The maximum Gasteiger partial charge on any atom is 0.0981 e. The van der Waals surface area contributed by atoms with Gasteiger partial charge in [0.15, 0.2) is 0 Å². The fourth-order valence-corrected chi connectivity index (χ4v) is 3.02. The molecule has 104 valence electrons. The molecular formula is C17H18ClNO. The van der Waals surface area contributed by atoms with Crippen molar-refractivity contribution in [3.63, 3.8) is 0 Å². The Hall–Kier alpha value is -1.35. The van der Waals surface area contributed by atoms with Gasteiger partial charge < -0.3 is 10.5 Å². The van der Waals surface area contributed by atoms with E-state index in [0.29, 0.717) is 0 Å². The average molecular weight is 288 g/mol. The number of nitrogens with two attached hydrogens (primary N) is 1. The first kappa shape index (κ1) is 13.6. The molecular weight excluding hydrogens is 270 g/mol. The predicted molar refractivity (Wildman–Crippen MR) is 82.0 cm³/mol. The van der Waals surface area contributed by atoms with Gasteiger partial charge in [0.05, 0.1) is 12.7 Å². The quantitative estimate of drug-likeness (QED) is 0.937. The van der Waals surface area contributed by atoms with Gasteiger partial charge in [0.25, 0.3) is 0 Å². The van der Waals surface area contributed by atoms with Gasteiger partial charge in [0.2, 0.25) is 0 Å². The highest BCUT2D eigenvalue weighted by atomic mass is 35.5. The molecule has 3 heteroatoms. The van der Waals surface area contributed by atoms with E-state index >= 15 is 0 Å². The van der Waals surface area contributed by atoms with Crippen molar-refractivity contribution >= 4 is 11.6 Å². The van der Waals surface area contributed by atoms with Gasteiger partial charge in [-0.25, -0.2) is 0 Å². The minimum atomic E-state index is -0.0867. The zero-order chi connectivity index (χ0) is 13.9. The minimum absolute atomic E-state index is 0.0452. The second-order valence-electron chi connectivity index (χ2n) is 5.20. The summed E-state index contributed by atoms with van der Waals surface area (Å²) in [6.07, 6.45) is 1.64. The van der Waals surface area contributed by atoms with Crippen LogP contribution in [0.25, 0.3) is 0 Å². The van der Waals surface area contributed by atoms with E-state index in [2.05, 4.69) is 18.2 Å². The molecule has 0 saturated heterocycles. The summed E-state index contributed by atoms with van der Waals surface area (Å²) in [6.45, 7) is 0.734. The van der Waals surface area contributed by atoms with Crippen LogP contribution in [0.4, 0.5) is 0 Å². The van der Waals surface area contributed by atoms with Crippen LogP contribution in [0.1, 0.15) is 22.8 Å². The van der Waals surface area contributed by atoms with Crippen LogP contribution in [0.2, 0.25) is 5.02 Å². The fraction of sp³-hybridized carbons (Fsp3) is 0.294. The summed E-state index contributed by atoms with van der Waals surface area (Å²) >= 11 is 6.21. The number of fused-ring (bicyclic) bond motifs is 1. The molecule has 0 aromatic heterocycles. The van der Waals surface area contributed by atoms with Crippen LogP contribution in [0, 0.1) is 0 Å². The predicted octanol–water partition coefficient (Wildman–Crippen LogP) is 3.52. The third-order valence-corrected chi connectivity index (χ3v) is 4.20. The lowest BCUT2D eigenvalue weighted by Crippen LogP contribution is -2.35. The Kier molecular flexibility index (Phi) is 4.06. The van der Waals surface area contributed by atoms with E-state index in [4.69, 9.17) is 22.1 Å². The van der Waals surface area contributed by atoms with Gasteiger partial charge in [-0.1, -0.05) is 54.1 Å². The molecule has 2 unspecified atom stereocenters. The van der Waals surface area contributed by atoms with E-state index in [1.165, 1.54) is 11.1 Å². The summed E-state index contributed by atoms with van der Waals surface area (Å²) in [7, 11) is 0. The van der Waals surface area contributed by atoms with Crippen molar-refractivity contribution in [2.45, 2.75) is 25.0 Å². The summed E-state index contributed by atoms with van der Waals surface area (Å²) in [5.41, 5.74) is 10.0. The number of ether oxygens (including phenoxy) is 1. The maximum absolute atomic E-state index is 6.38. The molecule has 1 heterocycles. The lowest BCUT2D eigenvalue weighted by atomic mass is 9.91. The van der Waals surface area contributed by atoms with Crippen molar-refractivity contribution in [3.8, 4) is 0 Å². The van der Waals surface area contributed by atoms with Crippen molar-refractivity contribution in [1.82, 2.24) is 0 Å². The minimum Gasteiger partial charge on any atom is -0.372 e. The normalized spacial score (nSPS) is 19.4. The van der Waals surface area contributed by atoms with Crippen LogP contribution in [0.15, 0.2) is 48.5 Å². The molecule has 0 bridgehead atoms. The maximum atomic E-state index is 6.38. The smallest absolute Gasteiger partial charge is 0.0981 e. The Balaban J connectivity index is 1.82. The molecule has 0 saturated carbocycles. The van der Waals surface area contributed by atoms with Crippen molar-refractivity contribution in [2.24, 2.45) is 5.73 Å². The van der Waals surface area contributed by atoms with Gasteiger partial charge in [-0.3, -0.25) is 0 Å². The van der Waals surface area contributed by atoms with Crippen molar-refractivity contribution < 1.29 is 4.74 Å². The van der Waals surface area contributed by atoms with Gasteiger partial charge in [-0.15, -0.1) is 0 Å². The first-order valence-corrected chi connectivity index (χ1v) is 7.32. The monoisotopic (exact) mass is 287 g/mol. The fourth-order valence-electron chi connectivity index (χ4n) is 2.80. The molecule has 0 amide bonds. The molecule has 0 spiro atoms. The van der Waals surface area contributed by atoms with E-state index in [1.807, 2.05) is 30.3 Å². The van der Waals surface area contributed by atoms with Crippen molar-refractivity contribution in [2.75, 3.05) is 6.61 Å². The van der Waals surface area contributed by atoms with Gasteiger partial charge >= 0.3 is 0 Å². The summed E-state index contributed by atoms with van der Waals surface area (Å²) in [5.74, 6) is 0. The average Bonchev–Trinajstić information content (AvgIpc) is 2.49. The molecule has 1 aliphatic rings. The molecule has 0 fully saturated rings. The van der Waals surface area contributed by atoms with Crippen molar-refractivity contribution in [3.05, 3.63) is 70.2 Å². The molecule has 2 nitrogen and oxygen atoms in total. The van der Waals surface area contributed by atoms with Crippen LogP contribution in [0.3, 0.4) is 0 Å². The van der Waals surface area contributed by atoms with Crippen LogP contribution < -0.4 is 5.73 Å². The third-order valence-electron chi connectivity index (χ3n) is 3.83. The van der Waals surface area contributed by atoms with E-state index < -0.39 is 0 Å². The molecule has 2 N–H and O–H groups in total. The number of hydrogen-bond acceptors (Lipinski definition) is 2. The molecule has 3 rings (SSSR count). The zero-order valence-corrected chi connectivity index (χ0v) is 12.0. The summed E-state index contributed by atoms with van der Waals surface area (Å²) in [6, 6.07) is 16.2. The van der Waals surface area contributed by atoms with E-state index in [1.54, 1.807) is 0 Å². The lowest BCUT2D eigenvalue weighted by Gasteiger charge is -2.30. The van der Waals surface area contributed by atoms with E-state index in [-0.39, 0.29) is 12.1 Å². The Morgan fingerprint density at radius 1 is 1.15 bits per heavy atom. The highest BCUT2D eigenvalue weighted by molar-refractivity contribution is 6.31. The Morgan fingerprint density at radius 2 is 1.90 bits per heavy atom. The van der Waals surface area contributed by atoms with Crippen LogP contribution in [-0.4, -0.2) is 12.6 Å². The number of halogens is 1. The standard InChI is InChI=1S/C17H18ClNO/c18-15-8-4-2-6-13(15)11-16(19)17-14-7-3-1-5-12(14)9-10-20-17/h1-8,16-17H,9-11,19H2. The molecule has 2 atom stereocenters. The molecule has 2 aromatic carbocycles. The number of benzene rings is 2. The molecule has 0 radical (unpaired) electrons. The van der Waals surface area contributed by atoms with Gasteiger partial charge in [0, 0.05) is 11.1 Å². The van der Waals surface area contributed by atoms with Gasteiger partial charge in [-0.2, -0.15) is 0 Å². The number of rotatable bonds is 3. The zero-order valence-electron chi connectivity index (χ0n) is 11.3. The molecule has 1 aliphatic heterocycles. The second kappa shape index (κ2) is 5.96. The van der Waals surface area contributed by atoms with Crippen LogP contribution >= 0.6 is 11.6 Å². The first-order valence-electron chi connectivity index (χ1n) is 6.94. The molecule has 20 heavy (non-hydrogen) atoms. The molecule has 2 aromatic rings. The second-order valence-corrected chi connectivity index (χ2v) is 5.61. The third kappa shape index (κ3) is 2.73. The van der Waals surface area contributed by atoms with Crippen molar-refractivity contribution in [1.29, 1.82) is 0 Å². The van der Waals surface area contributed by atoms with E-state index in [9.17, 15) is 0 Å². The Morgan fingerprint density at radius 3 is 2.75 bits per heavy atom. The van der Waals surface area contributed by atoms with Crippen LogP contribution in [-0.2, 0) is 17.6 Å². The largest absolute Gasteiger partial charge is 0.372 e. The topological polar surface area (TPSA) is 35.2 Å². The highest BCUT2D eigenvalue weighted by Gasteiger charge is 2.26. The summed E-state index contributed by atoms with van der Waals surface area (Å²) in [4.78, 5) is 0. The lowest BCUT2D eigenvalue weighted by molar-refractivity contribution is 0.0246. The Labute approximate surface area is 124 Å². The summed E-state index contributed by atoms with van der Waals surface area (Å²) < 4.78 is 5.91. The van der Waals surface area contributed by atoms with E-state index in [0.717, 1.165) is 30.0 Å². The SMILES string of the molecule is NC(Cc1ccccc1Cl)C1OCCc2ccccc21. The van der Waals surface area contributed by atoms with Crippen LogP contribution in [0.5, 0.6) is 0 Å².